The molecule has 0 amide bonds. The van der Waals surface area contributed by atoms with Crippen molar-refractivity contribution in [1.29, 1.82) is 0 Å². The number of nitrogens with two attached hydrogens (primary N) is 1. The number of nitrogens with zero attached hydrogens (tertiary/aromatic N) is 3. The highest BCUT2D eigenvalue weighted by Crippen LogP contribution is 2.32. The fraction of sp³-hybridized carbons (Fsp3) is 0.778. The van der Waals surface area contributed by atoms with E-state index in [4.69, 9.17) is 5.73 Å². The topological polar surface area (TPSA) is 56.7 Å². The predicted molar refractivity (Wildman–Crippen MR) is 50.0 cm³/mol. The smallest absolute Gasteiger partial charge is 0.0991 e. The summed E-state index contributed by atoms with van der Waals surface area (Å²) in [7, 11) is 0. The highest BCUT2D eigenvalue weighted by atomic mass is 15.4. The van der Waals surface area contributed by atoms with Gasteiger partial charge in [-0.2, -0.15) is 0 Å². The first-order valence-corrected chi connectivity index (χ1v) is 4.91. The van der Waals surface area contributed by atoms with E-state index in [2.05, 4.69) is 10.3 Å². The van der Waals surface area contributed by atoms with Crippen LogP contribution >= 0.6 is 0 Å². The molecule has 4 heteroatoms. The molecule has 1 heterocycles. The van der Waals surface area contributed by atoms with Crippen LogP contribution in [0.3, 0.4) is 0 Å². The van der Waals surface area contributed by atoms with E-state index in [1.54, 1.807) is 0 Å². The maximum atomic E-state index is 5.68. The second-order valence-electron chi connectivity index (χ2n) is 3.93. The molecule has 2 rings (SSSR count). The van der Waals surface area contributed by atoms with Gasteiger partial charge in [0, 0.05) is 12.6 Å². The van der Waals surface area contributed by atoms with E-state index < -0.39 is 0 Å². The van der Waals surface area contributed by atoms with Crippen LogP contribution in [0.2, 0.25) is 0 Å². The Balaban J connectivity index is 1.88. The van der Waals surface area contributed by atoms with Gasteiger partial charge in [0.25, 0.3) is 0 Å². The quantitative estimate of drug-likeness (QED) is 0.754. The van der Waals surface area contributed by atoms with Gasteiger partial charge < -0.3 is 5.73 Å². The van der Waals surface area contributed by atoms with E-state index in [-0.39, 0.29) is 6.04 Å². The van der Waals surface area contributed by atoms with Gasteiger partial charge in [0.1, 0.15) is 0 Å². The zero-order valence-electron chi connectivity index (χ0n) is 7.98. The third kappa shape index (κ3) is 2.28. The lowest BCUT2D eigenvalue weighted by Crippen LogP contribution is -2.05. The van der Waals surface area contributed by atoms with Gasteiger partial charge in [0.05, 0.1) is 11.9 Å². The van der Waals surface area contributed by atoms with E-state index in [1.807, 2.05) is 17.8 Å². The molecule has 1 aliphatic carbocycles. The fourth-order valence-electron chi connectivity index (χ4n) is 1.35. The van der Waals surface area contributed by atoms with Crippen molar-refractivity contribution in [1.82, 2.24) is 15.0 Å². The van der Waals surface area contributed by atoms with Gasteiger partial charge in [-0.25, -0.2) is 0 Å². The Morgan fingerprint density at radius 3 is 3.00 bits per heavy atom. The van der Waals surface area contributed by atoms with Gasteiger partial charge >= 0.3 is 0 Å². The molecule has 72 valence electrons. The van der Waals surface area contributed by atoms with E-state index in [0.29, 0.717) is 0 Å². The molecule has 4 nitrogen and oxygen atoms in total. The maximum absolute atomic E-state index is 5.68. The monoisotopic (exact) mass is 180 g/mol. The molecule has 1 aromatic heterocycles. The van der Waals surface area contributed by atoms with Crippen LogP contribution in [0.25, 0.3) is 0 Å². The molecule has 1 saturated carbocycles. The van der Waals surface area contributed by atoms with Crippen LogP contribution in [0, 0.1) is 5.92 Å². The number of hydrogen-bond acceptors (Lipinski definition) is 3. The van der Waals surface area contributed by atoms with Crippen molar-refractivity contribution in [2.75, 3.05) is 0 Å². The second-order valence-corrected chi connectivity index (χ2v) is 3.93. The standard InChI is InChI=1S/C9H16N4/c1-7(10)9-6-13(12-11-9)5-4-8-2-3-8/h6-8H,2-5,10H2,1H3. The summed E-state index contributed by atoms with van der Waals surface area (Å²) in [5.74, 6) is 0.947. The van der Waals surface area contributed by atoms with Crippen molar-refractivity contribution < 1.29 is 0 Å². The molecule has 0 aromatic carbocycles. The Morgan fingerprint density at radius 1 is 1.69 bits per heavy atom. The van der Waals surface area contributed by atoms with E-state index >= 15 is 0 Å². The Bertz CT molecular complexity index is 275. The number of hydrogen-bond donors (Lipinski definition) is 1. The average molecular weight is 180 g/mol. The zero-order valence-corrected chi connectivity index (χ0v) is 7.98. The molecule has 0 spiro atoms. The lowest BCUT2D eigenvalue weighted by atomic mass is 10.3. The third-order valence-corrected chi connectivity index (χ3v) is 2.49. The summed E-state index contributed by atoms with van der Waals surface area (Å²) in [6.07, 6.45) is 5.98. The lowest BCUT2D eigenvalue weighted by molar-refractivity contribution is 0.531. The van der Waals surface area contributed by atoms with Crippen molar-refractivity contribution in [2.24, 2.45) is 11.7 Å². The van der Waals surface area contributed by atoms with Gasteiger partial charge in [0.2, 0.25) is 0 Å². The normalized spacial score (nSPS) is 18.9. The highest BCUT2D eigenvalue weighted by Gasteiger charge is 2.20. The first-order valence-electron chi connectivity index (χ1n) is 4.91. The SMILES string of the molecule is CC(N)c1cn(CCC2CC2)nn1. The minimum atomic E-state index is -0.00493. The molecule has 0 saturated heterocycles. The average Bonchev–Trinajstić information content (AvgIpc) is 2.79. The fourth-order valence-corrected chi connectivity index (χ4v) is 1.35. The molecule has 1 unspecified atom stereocenters. The molecule has 1 fully saturated rings. The van der Waals surface area contributed by atoms with Crippen molar-refractivity contribution in [2.45, 2.75) is 38.8 Å². The van der Waals surface area contributed by atoms with Gasteiger partial charge in [-0.1, -0.05) is 18.1 Å². The van der Waals surface area contributed by atoms with E-state index in [0.717, 1.165) is 18.2 Å². The van der Waals surface area contributed by atoms with Gasteiger partial charge in [-0.3, -0.25) is 4.68 Å². The Kier molecular flexibility index (Phi) is 2.31. The molecule has 0 aliphatic heterocycles. The van der Waals surface area contributed by atoms with Crippen LogP contribution in [0.15, 0.2) is 6.20 Å². The van der Waals surface area contributed by atoms with Crippen LogP contribution in [-0.4, -0.2) is 15.0 Å². The lowest BCUT2D eigenvalue weighted by Gasteiger charge is -1.98. The Morgan fingerprint density at radius 2 is 2.46 bits per heavy atom. The van der Waals surface area contributed by atoms with E-state index in [1.165, 1.54) is 19.3 Å². The Hall–Kier alpha value is -0.900. The second kappa shape index (κ2) is 3.46. The van der Waals surface area contributed by atoms with Crippen LogP contribution in [0.5, 0.6) is 0 Å². The summed E-state index contributed by atoms with van der Waals surface area (Å²) in [5.41, 5.74) is 6.56. The summed E-state index contributed by atoms with van der Waals surface area (Å²) >= 11 is 0. The third-order valence-electron chi connectivity index (χ3n) is 2.49. The first-order chi connectivity index (χ1) is 6.25. The summed E-state index contributed by atoms with van der Waals surface area (Å²) in [4.78, 5) is 0. The summed E-state index contributed by atoms with van der Waals surface area (Å²) < 4.78 is 1.90. The molecule has 1 aromatic rings. The summed E-state index contributed by atoms with van der Waals surface area (Å²) in [6, 6.07) is -0.00493. The Labute approximate surface area is 78.1 Å². The van der Waals surface area contributed by atoms with Crippen LogP contribution in [-0.2, 0) is 6.54 Å². The zero-order chi connectivity index (χ0) is 9.26. The molecule has 1 atom stereocenters. The van der Waals surface area contributed by atoms with Crippen molar-refractivity contribution in [3.05, 3.63) is 11.9 Å². The molecule has 0 radical (unpaired) electrons. The van der Waals surface area contributed by atoms with Crippen molar-refractivity contribution in [3.63, 3.8) is 0 Å². The van der Waals surface area contributed by atoms with Crippen molar-refractivity contribution in [3.8, 4) is 0 Å². The molecular formula is C9H16N4. The summed E-state index contributed by atoms with van der Waals surface area (Å²) in [5, 5.41) is 8.03. The first kappa shape index (κ1) is 8.69. The van der Waals surface area contributed by atoms with Gasteiger partial charge in [-0.15, -0.1) is 5.10 Å². The highest BCUT2D eigenvalue weighted by molar-refractivity contribution is 4.97. The number of aromatic nitrogens is 3. The van der Waals surface area contributed by atoms with Crippen LogP contribution in [0.1, 0.15) is 37.9 Å². The molecule has 0 bridgehead atoms. The minimum absolute atomic E-state index is 0.00493. The predicted octanol–water partition coefficient (Wildman–Crippen LogP) is 1.10. The van der Waals surface area contributed by atoms with Crippen LogP contribution in [0.4, 0.5) is 0 Å². The minimum Gasteiger partial charge on any atom is -0.323 e. The van der Waals surface area contributed by atoms with E-state index in [9.17, 15) is 0 Å². The largest absolute Gasteiger partial charge is 0.323 e. The maximum Gasteiger partial charge on any atom is 0.0991 e. The molecular weight excluding hydrogens is 164 g/mol. The molecule has 13 heavy (non-hydrogen) atoms. The molecule has 1 aliphatic rings. The van der Waals surface area contributed by atoms with Crippen LogP contribution < -0.4 is 5.73 Å². The van der Waals surface area contributed by atoms with Gasteiger partial charge in [0.15, 0.2) is 0 Å². The number of rotatable bonds is 4. The summed E-state index contributed by atoms with van der Waals surface area (Å²) in [6.45, 7) is 2.92. The number of aryl methyl sites for hydroxylation is 1. The van der Waals surface area contributed by atoms with Gasteiger partial charge in [-0.05, 0) is 19.3 Å². The van der Waals surface area contributed by atoms with Crippen molar-refractivity contribution >= 4 is 0 Å². The molecule has 2 N–H and O–H groups in total.